The number of carbonyl (C=O) groups is 2. The van der Waals surface area contributed by atoms with E-state index in [1.807, 2.05) is 25.8 Å². The number of H-pyrrole nitrogens is 1. The Morgan fingerprint density at radius 2 is 1.79 bits per heavy atom. The molecular weight excluding hydrogens is 524 g/mol. The maximum Gasteiger partial charge on any atom is 0.256 e. The number of aromatic amines is 1. The molecule has 3 heterocycles. The molecular formula is C28H29ClN4O4S. The second-order valence-corrected chi connectivity index (χ2v) is 12.2. The zero-order valence-electron chi connectivity index (χ0n) is 21.5. The van der Waals surface area contributed by atoms with Crippen LogP contribution in [0.5, 0.6) is 0 Å². The van der Waals surface area contributed by atoms with Crippen LogP contribution >= 0.6 is 11.6 Å². The van der Waals surface area contributed by atoms with E-state index in [0.29, 0.717) is 51.8 Å². The number of hydrogen-bond donors (Lipinski definition) is 2. The monoisotopic (exact) mass is 552 g/mol. The quantitative estimate of drug-likeness (QED) is 0.463. The van der Waals surface area contributed by atoms with Gasteiger partial charge in [-0.1, -0.05) is 29.8 Å². The van der Waals surface area contributed by atoms with Gasteiger partial charge in [0.15, 0.2) is 9.84 Å². The first-order chi connectivity index (χ1) is 18.0. The maximum atomic E-state index is 13.3. The molecule has 2 amide bonds. The number of fused-ring (bicyclic) bond motifs is 1. The highest BCUT2D eigenvalue weighted by atomic mass is 35.5. The molecule has 1 fully saturated rings. The van der Waals surface area contributed by atoms with Crippen molar-refractivity contribution in [3.8, 4) is 0 Å². The number of piperazine rings is 1. The normalized spacial score (nSPS) is 17.1. The third-order valence-electron chi connectivity index (χ3n) is 7.21. The van der Waals surface area contributed by atoms with Crippen LogP contribution in [0.4, 0.5) is 5.69 Å². The molecule has 0 spiro atoms. The Balaban J connectivity index is 1.48. The summed E-state index contributed by atoms with van der Waals surface area (Å²) < 4.78 is 26.4. The van der Waals surface area contributed by atoms with Crippen LogP contribution in [0.3, 0.4) is 0 Å². The summed E-state index contributed by atoms with van der Waals surface area (Å²) >= 11 is 6.19. The highest BCUT2D eigenvalue weighted by molar-refractivity contribution is 7.90. The minimum absolute atomic E-state index is 0.0294. The number of halogens is 1. The number of aryl methyl sites for hydroxylation is 1. The number of benzene rings is 2. The summed E-state index contributed by atoms with van der Waals surface area (Å²) in [5.41, 5.74) is 4.60. The second kappa shape index (κ2) is 10.1. The lowest BCUT2D eigenvalue weighted by molar-refractivity contribution is -0.110. The number of hydrogen-bond acceptors (Lipinski definition) is 5. The summed E-state index contributed by atoms with van der Waals surface area (Å²) in [6, 6.07) is 11.4. The van der Waals surface area contributed by atoms with E-state index < -0.39 is 9.84 Å². The summed E-state index contributed by atoms with van der Waals surface area (Å²) in [7, 11) is -1.68. The van der Waals surface area contributed by atoms with Gasteiger partial charge in [0.05, 0.1) is 21.8 Å². The standard InChI is InChI=1S/C28H29ClN4O4S/c1-17-25(30-18(2)26(17)28(35)33-12-10-32(3)11-13-33)15-22-21-14-20(8-9-24(21)31-27(22)34)38(36,37)16-19-6-4-5-7-23(19)29/h4-9,14-15,30H,10-13,16H2,1-3H3,(H,31,34)/b22-15-. The molecule has 0 atom stereocenters. The molecule has 8 nitrogen and oxygen atoms in total. The van der Waals surface area contributed by atoms with Gasteiger partial charge in [-0.05, 0) is 62.4 Å². The number of carbonyl (C=O) groups excluding carboxylic acids is 2. The molecule has 2 aliphatic rings. The molecule has 0 saturated carbocycles. The third kappa shape index (κ3) is 4.89. The van der Waals surface area contributed by atoms with Crippen LogP contribution in [0.15, 0.2) is 47.4 Å². The SMILES string of the molecule is Cc1[nH]c(/C=C2\C(=O)Nc3ccc(S(=O)(=O)Cc4ccccc4Cl)cc32)c(C)c1C(=O)N1CCN(C)CC1. The molecule has 0 radical (unpaired) electrons. The van der Waals surface area contributed by atoms with E-state index in [9.17, 15) is 18.0 Å². The average Bonchev–Trinajstić information content (AvgIpc) is 3.34. The second-order valence-electron chi connectivity index (χ2n) is 9.83. The third-order valence-corrected chi connectivity index (χ3v) is 9.24. The number of nitrogens with zero attached hydrogens (tertiary/aromatic N) is 2. The van der Waals surface area contributed by atoms with Crippen LogP contribution in [0.1, 0.15) is 38.4 Å². The Morgan fingerprint density at radius 1 is 1.08 bits per heavy atom. The van der Waals surface area contributed by atoms with E-state index in [2.05, 4.69) is 15.2 Å². The van der Waals surface area contributed by atoms with Crippen molar-refractivity contribution in [2.75, 3.05) is 38.5 Å². The van der Waals surface area contributed by atoms with Crippen LogP contribution in [0.2, 0.25) is 5.02 Å². The van der Waals surface area contributed by atoms with Crippen molar-refractivity contribution in [1.82, 2.24) is 14.8 Å². The topological polar surface area (TPSA) is 103 Å². The molecule has 10 heteroatoms. The lowest BCUT2D eigenvalue weighted by atomic mass is 10.0. The Bertz CT molecular complexity index is 1580. The van der Waals surface area contributed by atoms with Gasteiger partial charge in [0.1, 0.15) is 0 Å². The number of nitrogens with one attached hydrogen (secondary N) is 2. The van der Waals surface area contributed by atoms with Gasteiger partial charge >= 0.3 is 0 Å². The van der Waals surface area contributed by atoms with Gasteiger partial charge in [0, 0.05) is 53.8 Å². The van der Waals surface area contributed by atoms with Crippen LogP contribution in [-0.4, -0.2) is 68.2 Å². The first-order valence-corrected chi connectivity index (χ1v) is 14.4. The number of anilines is 1. The lowest BCUT2D eigenvalue weighted by Crippen LogP contribution is -2.47. The van der Waals surface area contributed by atoms with E-state index in [-0.39, 0.29) is 22.5 Å². The van der Waals surface area contributed by atoms with Crippen LogP contribution in [0, 0.1) is 13.8 Å². The largest absolute Gasteiger partial charge is 0.358 e. The summed E-state index contributed by atoms with van der Waals surface area (Å²) in [5.74, 6) is -0.615. The zero-order chi connectivity index (χ0) is 27.2. The molecule has 0 aliphatic carbocycles. The van der Waals surface area contributed by atoms with Gasteiger partial charge in [-0.15, -0.1) is 0 Å². The lowest BCUT2D eigenvalue weighted by Gasteiger charge is -2.32. The fraction of sp³-hybridized carbons (Fsp3) is 0.286. The van der Waals surface area contributed by atoms with Crippen LogP contribution in [-0.2, 0) is 20.4 Å². The molecule has 2 N–H and O–H groups in total. The molecule has 1 saturated heterocycles. The van der Waals surface area contributed by atoms with Gasteiger partial charge in [0.25, 0.3) is 11.8 Å². The molecule has 2 aromatic carbocycles. The van der Waals surface area contributed by atoms with E-state index >= 15 is 0 Å². The number of rotatable bonds is 5. The number of aromatic nitrogens is 1. The molecule has 1 aromatic heterocycles. The molecule has 38 heavy (non-hydrogen) atoms. The fourth-order valence-electron chi connectivity index (χ4n) is 4.96. The van der Waals surface area contributed by atoms with Crippen molar-refractivity contribution in [1.29, 1.82) is 0 Å². The summed E-state index contributed by atoms with van der Waals surface area (Å²) in [4.78, 5) is 33.6. The molecule has 0 unspecified atom stereocenters. The van der Waals surface area contributed by atoms with E-state index in [1.165, 1.54) is 12.1 Å². The highest BCUT2D eigenvalue weighted by Crippen LogP contribution is 2.36. The number of likely N-dealkylation sites (N-methyl/N-ethyl adjacent to an activating group) is 1. The Hall–Kier alpha value is -3.40. The fourth-order valence-corrected chi connectivity index (χ4v) is 6.64. The Morgan fingerprint density at radius 3 is 2.50 bits per heavy atom. The Labute approximate surface area is 227 Å². The van der Waals surface area contributed by atoms with Crippen LogP contribution in [0.25, 0.3) is 11.6 Å². The first kappa shape index (κ1) is 26.2. The maximum absolute atomic E-state index is 13.3. The summed E-state index contributed by atoms with van der Waals surface area (Å²) in [5, 5.41) is 3.19. The van der Waals surface area contributed by atoms with Gasteiger partial charge in [-0.2, -0.15) is 0 Å². The summed E-state index contributed by atoms with van der Waals surface area (Å²) in [6.07, 6.45) is 1.69. The van der Waals surface area contributed by atoms with E-state index in [0.717, 1.165) is 24.3 Å². The zero-order valence-corrected chi connectivity index (χ0v) is 23.0. The smallest absolute Gasteiger partial charge is 0.256 e. The molecule has 3 aromatic rings. The van der Waals surface area contributed by atoms with E-state index in [1.54, 1.807) is 36.4 Å². The summed E-state index contributed by atoms with van der Waals surface area (Å²) in [6.45, 7) is 6.68. The molecule has 0 bridgehead atoms. The van der Waals surface area contributed by atoms with Crippen molar-refractivity contribution in [3.63, 3.8) is 0 Å². The van der Waals surface area contributed by atoms with Gasteiger partial charge < -0.3 is 20.1 Å². The average molecular weight is 553 g/mol. The van der Waals surface area contributed by atoms with Crippen molar-refractivity contribution < 1.29 is 18.0 Å². The Kier molecular flexibility index (Phi) is 6.94. The van der Waals surface area contributed by atoms with Crippen molar-refractivity contribution in [2.45, 2.75) is 24.5 Å². The minimum atomic E-state index is -3.72. The number of sulfone groups is 1. The highest BCUT2D eigenvalue weighted by Gasteiger charge is 2.29. The van der Waals surface area contributed by atoms with Crippen molar-refractivity contribution in [2.24, 2.45) is 0 Å². The first-order valence-electron chi connectivity index (χ1n) is 12.4. The number of amides is 2. The van der Waals surface area contributed by atoms with Crippen LogP contribution < -0.4 is 5.32 Å². The van der Waals surface area contributed by atoms with Gasteiger partial charge in [-0.25, -0.2) is 8.42 Å². The van der Waals surface area contributed by atoms with Gasteiger partial charge in [0.2, 0.25) is 0 Å². The predicted octanol–water partition coefficient (Wildman–Crippen LogP) is 4.14. The molecule has 2 aliphatic heterocycles. The predicted molar refractivity (Wildman–Crippen MR) is 149 cm³/mol. The molecule has 198 valence electrons. The van der Waals surface area contributed by atoms with Crippen molar-refractivity contribution >= 4 is 50.6 Å². The van der Waals surface area contributed by atoms with Crippen molar-refractivity contribution in [3.05, 3.63) is 81.1 Å². The van der Waals surface area contributed by atoms with E-state index in [4.69, 9.17) is 11.6 Å². The van der Waals surface area contributed by atoms with Gasteiger partial charge in [-0.3, -0.25) is 9.59 Å². The minimum Gasteiger partial charge on any atom is -0.358 e. The molecule has 5 rings (SSSR count).